The summed E-state index contributed by atoms with van der Waals surface area (Å²) in [5.74, 6) is -0.0459. The molecule has 1 aliphatic carbocycles. The van der Waals surface area contributed by atoms with Gasteiger partial charge in [-0.05, 0) is 37.8 Å². The molecule has 0 aliphatic heterocycles. The Morgan fingerprint density at radius 1 is 1.43 bits per heavy atom. The standard InChI is InChI=1S/C20H22ClNO/c1-5-20(4)17(21)10-14(12(2)3)18(19(20)23)15-11-22-16-9-7-6-8-13(15)16/h5-9,11,14,17-18,22H,1-2,10H2,3-4H3/t14-,17-,18+,20-/m0/s1. The molecular formula is C20H22ClNO. The predicted octanol–water partition coefficient (Wildman–Crippen LogP) is 5.22. The van der Waals surface area contributed by atoms with Gasteiger partial charge in [0.2, 0.25) is 0 Å². The molecule has 0 radical (unpaired) electrons. The summed E-state index contributed by atoms with van der Waals surface area (Å²) in [5, 5.41) is 0.840. The molecule has 120 valence electrons. The van der Waals surface area contributed by atoms with Crippen LogP contribution in [0.15, 0.2) is 55.3 Å². The van der Waals surface area contributed by atoms with E-state index in [4.69, 9.17) is 11.6 Å². The minimum Gasteiger partial charge on any atom is -0.361 e. The molecule has 1 aromatic heterocycles. The summed E-state index contributed by atoms with van der Waals surface area (Å²) < 4.78 is 0. The molecule has 1 N–H and O–H groups in total. The highest BCUT2D eigenvalue weighted by molar-refractivity contribution is 6.24. The van der Waals surface area contributed by atoms with Crippen molar-refractivity contribution in [2.24, 2.45) is 11.3 Å². The van der Waals surface area contributed by atoms with Gasteiger partial charge in [-0.25, -0.2) is 0 Å². The lowest BCUT2D eigenvalue weighted by atomic mass is 9.61. The van der Waals surface area contributed by atoms with Crippen LogP contribution in [-0.4, -0.2) is 16.1 Å². The highest BCUT2D eigenvalue weighted by Crippen LogP contribution is 2.50. The molecule has 0 bridgehead atoms. The number of hydrogen-bond donors (Lipinski definition) is 1. The number of H-pyrrole nitrogens is 1. The second kappa shape index (κ2) is 5.68. The number of nitrogens with one attached hydrogen (secondary N) is 1. The average molecular weight is 328 g/mol. The van der Waals surface area contributed by atoms with E-state index in [0.29, 0.717) is 0 Å². The third kappa shape index (κ3) is 2.36. The number of aromatic amines is 1. The van der Waals surface area contributed by atoms with E-state index in [0.717, 1.165) is 28.5 Å². The molecule has 1 aliphatic rings. The van der Waals surface area contributed by atoms with Crippen LogP contribution in [0.4, 0.5) is 0 Å². The Morgan fingerprint density at radius 3 is 2.78 bits per heavy atom. The van der Waals surface area contributed by atoms with Gasteiger partial charge in [0.1, 0.15) is 0 Å². The summed E-state index contributed by atoms with van der Waals surface area (Å²) in [6.45, 7) is 11.9. The van der Waals surface area contributed by atoms with E-state index in [9.17, 15) is 4.79 Å². The Balaban J connectivity index is 2.18. The maximum atomic E-state index is 13.3. The van der Waals surface area contributed by atoms with Gasteiger partial charge in [-0.2, -0.15) is 0 Å². The zero-order valence-corrected chi connectivity index (χ0v) is 14.4. The lowest BCUT2D eigenvalue weighted by molar-refractivity contribution is -0.130. The lowest BCUT2D eigenvalue weighted by Crippen LogP contribution is -2.47. The molecule has 1 fully saturated rings. The van der Waals surface area contributed by atoms with Crippen LogP contribution in [0.1, 0.15) is 31.7 Å². The molecule has 23 heavy (non-hydrogen) atoms. The van der Waals surface area contributed by atoms with Gasteiger partial charge >= 0.3 is 0 Å². The van der Waals surface area contributed by atoms with Crippen LogP contribution in [0.5, 0.6) is 0 Å². The third-order valence-corrected chi connectivity index (χ3v) is 5.97. The fourth-order valence-corrected chi connectivity index (χ4v) is 4.09. The number of para-hydroxylation sites is 1. The molecule has 1 saturated carbocycles. The number of fused-ring (bicyclic) bond motifs is 1. The van der Waals surface area contributed by atoms with E-state index in [-0.39, 0.29) is 23.0 Å². The molecule has 0 amide bonds. The Morgan fingerprint density at radius 2 is 2.13 bits per heavy atom. The molecule has 2 nitrogen and oxygen atoms in total. The number of aromatic nitrogens is 1. The molecule has 1 heterocycles. The molecular weight excluding hydrogens is 306 g/mol. The molecule has 1 aromatic carbocycles. The van der Waals surface area contributed by atoms with Gasteiger partial charge < -0.3 is 4.98 Å². The van der Waals surface area contributed by atoms with E-state index in [2.05, 4.69) is 24.2 Å². The SMILES string of the molecule is C=C[C@]1(C)C(=O)[C@@H](c2c[nH]c3ccccc23)[C@H](C(=C)C)C[C@@H]1Cl. The van der Waals surface area contributed by atoms with Crippen molar-refractivity contribution in [3.63, 3.8) is 0 Å². The molecule has 0 spiro atoms. The van der Waals surface area contributed by atoms with E-state index < -0.39 is 5.41 Å². The molecule has 3 rings (SSSR count). The van der Waals surface area contributed by atoms with Crippen molar-refractivity contribution in [1.29, 1.82) is 0 Å². The zero-order valence-electron chi connectivity index (χ0n) is 13.6. The van der Waals surface area contributed by atoms with Crippen molar-refractivity contribution in [2.45, 2.75) is 31.6 Å². The summed E-state index contributed by atoms with van der Waals surface area (Å²) in [4.78, 5) is 16.6. The van der Waals surface area contributed by atoms with Crippen LogP contribution in [0.25, 0.3) is 10.9 Å². The fourth-order valence-electron chi connectivity index (χ4n) is 3.70. The van der Waals surface area contributed by atoms with E-state index in [1.807, 2.05) is 38.2 Å². The number of Topliss-reactive ketones (excluding diaryl/α,β-unsaturated/α-hetero) is 1. The van der Waals surface area contributed by atoms with Gasteiger partial charge in [-0.3, -0.25) is 4.79 Å². The number of carbonyl (C=O) groups is 1. The van der Waals surface area contributed by atoms with Crippen LogP contribution in [0, 0.1) is 11.3 Å². The normalized spacial score (nSPS) is 31.3. The van der Waals surface area contributed by atoms with Crippen molar-refractivity contribution in [1.82, 2.24) is 4.98 Å². The first-order valence-electron chi connectivity index (χ1n) is 7.93. The number of halogens is 1. The van der Waals surface area contributed by atoms with E-state index in [1.165, 1.54) is 0 Å². The number of ketones is 1. The maximum absolute atomic E-state index is 13.3. The summed E-state index contributed by atoms with van der Waals surface area (Å²) in [6, 6.07) is 8.07. The second-order valence-corrected chi connectivity index (χ2v) is 7.30. The largest absolute Gasteiger partial charge is 0.361 e. The first-order valence-corrected chi connectivity index (χ1v) is 8.37. The number of alkyl halides is 1. The maximum Gasteiger partial charge on any atom is 0.152 e. The van der Waals surface area contributed by atoms with Crippen molar-refractivity contribution in [3.05, 3.63) is 60.8 Å². The predicted molar refractivity (Wildman–Crippen MR) is 96.9 cm³/mol. The van der Waals surface area contributed by atoms with Crippen LogP contribution in [0.2, 0.25) is 0 Å². The molecule has 4 atom stereocenters. The van der Waals surface area contributed by atoms with Gasteiger partial charge in [0, 0.05) is 22.5 Å². The third-order valence-electron chi connectivity index (χ3n) is 5.34. The second-order valence-electron chi connectivity index (χ2n) is 6.77. The number of rotatable bonds is 3. The highest BCUT2D eigenvalue weighted by atomic mass is 35.5. The van der Waals surface area contributed by atoms with Gasteiger partial charge in [-0.1, -0.05) is 36.4 Å². The summed E-state index contributed by atoms with van der Waals surface area (Å²) >= 11 is 6.56. The molecule has 2 aromatic rings. The van der Waals surface area contributed by atoms with E-state index in [1.54, 1.807) is 6.08 Å². The summed E-state index contributed by atoms with van der Waals surface area (Å²) in [6.07, 6.45) is 4.40. The topological polar surface area (TPSA) is 32.9 Å². The van der Waals surface area contributed by atoms with Crippen molar-refractivity contribution < 1.29 is 4.79 Å². The van der Waals surface area contributed by atoms with Crippen LogP contribution in [0.3, 0.4) is 0 Å². The smallest absolute Gasteiger partial charge is 0.152 e. The number of hydrogen-bond acceptors (Lipinski definition) is 1. The monoisotopic (exact) mass is 327 g/mol. The Labute approximate surface area is 142 Å². The Bertz CT molecular complexity index is 790. The quantitative estimate of drug-likeness (QED) is 0.608. The highest BCUT2D eigenvalue weighted by Gasteiger charge is 2.50. The number of carbonyl (C=O) groups excluding carboxylic acids is 1. The minimum absolute atomic E-state index is 0.0530. The van der Waals surface area contributed by atoms with Crippen LogP contribution in [-0.2, 0) is 4.79 Å². The minimum atomic E-state index is -0.712. The molecule has 3 heteroatoms. The van der Waals surface area contributed by atoms with E-state index >= 15 is 0 Å². The molecule has 0 saturated heterocycles. The van der Waals surface area contributed by atoms with Gasteiger partial charge in [0.25, 0.3) is 0 Å². The number of benzene rings is 1. The van der Waals surface area contributed by atoms with Crippen LogP contribution >= 0.6 is 11.6 Å². The summed E-state index contributed by atoms with van der Waals surface area (Å²) in [7, 11) is 0. The lowest BCUT2D eigenvalue weighted by Gasteiger charge is -2.43. The first-order chi connectivity index (χ1) is 10.9. The zero-order chi connectivity index (χ0) is 16.8. The van der Waals surface area contributed by atoms with Gasteiger partial charge in [-0.15, -0.1) is 18.2 Å². The number of allylic oxidation sites excluding steroid dienone is 2. The average Bonchev–Trinajstić information content (AvgIpc) is 2.96. The van der Waals surface area contributed by atoms with Crippen molar-refractivity contribution in [3.8, 4) is 0 Å². The molecule has 0 unspecified atom stereocenters. The Hall–Kier alpha value is -1.80. The summed E-state index contributed by atoms with van der Waals surface area (Å²) in [5.41, 5.74) is 2.38. The first kappa shape index (κ1) is 16.1. The van der Waals surface area contributed by atoms with Crippen molar-refractivity contribution in [2.75, 3.05) is 0 Å². The van der Waals surface area contributed by atoms with Crippen LogP contribution < -0.4 is 0 Å². The fraction of sp³-hybridized carbons (Fsp3) is 0.350. The van der Waals surface area contributed by atoms with Gasteiger partial charge in [0.15, 0.2) is 5.78 Å². The van der Waals surface area contributed by atoms with Gasteiger partial charge in [0.05, 0.1) is 11.3 Å². The Kier molecular flexibility index (Phi) is 3.97. The van der Waals surface area contributed by atoms with Crippen molar-refractivity contribution >= 4 is 28.3 Å².